The molecule has 6 nitrogen and oxygen atoms in total. The summed E-state index contributed by atoms with van der Waals surface area (Å²) in [4.78, 5) is 7.01. The van der Waals surface area contributed by atoms with Crippen molar-refractivity contribution in [1.82, 2.24) is 29.3 Å². The lowest BCUT2D eigenvalue weighted by atomic mass is 9.98. The highest BCUT2D eigenvalue weighted by Crippen LogP contribution is 2.31. The second kappa shape index (κ2) is 7.12. The third kappa shape index (κ3) is 3.61. The highest BCUT2D eigenvalue weighted by Gasteiger charge is 2.28. The summed E-state index contributed by atoms with van der Waals surface area (Å²) >= 11 is 0. The summed E-state index contributed by atoms with van der Waals surface area (Å²) in [5.74, 6) is -0.306. The smallest absolute Gasteiger partial charge is 0.156 e. The molecule has 1 saturated heterocycles. The van der Waals surface area contributed by atoms with E-state index in [0.717, 1.165) is 59.5 Å². The van der Waals surface area contributed by atoms with Gasteiger partial charge in [-0.25, -0.2) is 13.9 Å². The van der Waals surface area contributed by atoms with Gasteiger partial charge in [0.25, 0.3) is 0 Å². The van der Waals surface area contributed by atoms with Gasteiger partial charge in [0.05, 0.1) is 23.6 Å². The van der Waals surface area contributed by atoms with Crippen molar-refractivity contribution in [3.05, 3.63) is 47.7 Å². The fourth-order valence-electron chi connectivity index (χ4n) is 4.63. The number of imidazole rings is 1. The Kier molecular flexibility index (Phi) is 4.62. The number of piperidine rings is 1. The minimum Gasteiger partial charge on any atom is -0.298 e. The molecule has 3 aromatic heterocycles. The second-order valence-electron chi connectivity index (χ2n) is 9.76. The summed E-state index contributed by atoms with van der Waals surface area (Å²) < 4.78 is 18.8. The quantitative estimate of drug-likeness (QED) is 0.461. The molecule has 5 rings (SSSR count). The van der Waals surface area contributed by atoms with E-state index in [4.69, 9.17) is 0 Å². The number of fused-ring (bicyclic) bond motifs is 2. The van der Waals surface area contributed by atoms with Crippen molar-refractivity contribution in [2.75, 3.05) is 13.1 Å². The van der Waals surface area contributed by atoms with Gasteiger partial charge >= 0.3 is 0 Å². The molecular formula is C24H29FN6. The lowest BCUT2D eigenvalue weighted by Crippen LogP contribution is -2.46. The lowest BCUT2D eigenvalue weighted by molar-refractivity contribution is 0.0872. The van der Waals surface area contributed by atoms with E-state index in [1.807, 2.05) is 43.1 Å². The largest absolute Gasteiger partial charge is 0.298 e. The Bertz CT molecular complexity index is 1270. The van der Waals surface area contributed by atoms with Crippen molar-refractivity contribution in [2.24, 2.45) is 0 Å². The first-order valence-electron chi connectivity index (χ1n) is 11.0. The number of hydrogen-bond acceptors (Lipinski definition) is 4. The standard InChI is InChI=1S/C24H29FN6/c1-15-10-21(27-31-13-16(2)26-23(15)31)17-11-18-14-30(28-22(18)20(25)12-17)19-6-8-29(9-7-19)24(3,4)5/h10-14,19H,6-9H2,1-5H3. The number of hydrogen-bond donors (Lipinski definition) is 0. The second-order valence-corrected chi connectivity index (χ2v) is 9.76. The van der Waals surface area contributed by atoms with Crippen molar-refractivity contribution in [3.8, 4) is 11.3 Å². The zero-order chi connectivity index (χ0) is 21.9. The molecule has 4 aromatic rings. The third-order valence-electron chi connectivity index (χ3n) is 6.39. The normalized spacial score (nSPS) is 16.6. The van der Waals surface area contributed by atoms with Crippen LogP contribution in [0.25, 0.3) is 27.8 Å². The zero-order valence-electron chi connectivity index (χ0n) is 18.9. The van der Waals surface area contributed by atoms with Gasteiger partial charge in [-0.3, -0.25) is 9.58 Å². The van der Waals surface area contributed by atoms with E-state index in [2.05, 4.69) is 40.9 Å². The molecule has 0 saturated carbocycles. The van der Waals surface area contributed by atoms with Crippen LogP contribution in [0.4, 0.5) is 4.39 Å². The van der Waals surface area contributed by atoms with Crippen molar-refractivity contribution < 1.29 is 4.39 Å². The van der Waals surface area contributed by atoms with Crippen LogP contribution in [0.1, 0.15) is 50.9 Å². The van der Waals surface area contributed by atoms with Gasteiger partial charge in [0.15, 0.2) is 11.5 Å². The molecule has 0 unspecified atom stereocenters. The molecule has 0 spiro atoms. The van der Waals surface area contributed by atoms with Crippen molar-refractivity contribution in [2.45, 2.75) is 59.0 Å². The van der Waals surface area contributed by atoms with Crippen LogP contribution in [0.3, 0.4) is 0 Å². The molecule has 0 radical (unpaired) electrons. The molecule has 1 fully saturated rings. The first kappa shape index (κ1) is 20.1. The van der Waals surface area contributed by atoms with E-state index in [0.29, 0.717) is 11.6 Å². The monoisotopic (exact) mass is 420 g/mol. The molecule has 0 atom stereocenters. The van der Waals surface area contributed by atoms with Crippen LogP contribution in [0.5, 0.6) is 0 Å². The Labute approximate surface area is 181 Å². The first-order chi connectivity index (χ1) is 14.7. The molecule has 7 heteroatoms. The molecule has 0 bridgehead atoms. The van der Waals surface area contributed by atoms with Crippen molar-refractivity contribution in [3.63, 3.8) is 0 Å². The maximum Gasteiger partial charge on any atom is 0.156 e. The molecule has 31 heavy (non-hydrogen) atoms. The van der Waals surface area contributed by atoms with Crippen LogP contribution in [-0.2, 0) is 0 Å². The molecule has 1 aromatic carbocycles. The number of rotatable bonds is 2. The Morgan fingerprint density at radius 3 is 2.45 bits per heavy atom. The Morgan fingerprint density at radius 2 is 1.74 bits per heavy atom. The molecule has 1 aliphatic rings. The average Bonchev–Trinajstić information content (AvgIpc) is 3.31. The molecule has 0 aliphatic carbocycles. The van der Waals surface area contributed by atoms with Crippen molar-refractivity contribution in [1.29, 1.82) is 0 Å². The lowest BCUT2D eigenvalue weighted by Gasteiger charge is -2.40. The van der Waals surface area contributed by atoms with Gasteiger partial charge in [0.2, 0.25) is 0 Å². The Hall–Kier alpha value is -2.80. The number of aromatic nitrogens is 5. The highest BCUT2D eigenvalue weighted by molar-refractivity contribution is 5.84. The van der Waals surface area contributed by atoms with Crippen LogP contribution >= 0.6 is 0 Å². The maximum atomic E-state index is 15.0. The first-order valence-corrected chi connectivity index (χ1v) is 11.0. The number of nitrogens with zero attached hydrogens (tertiary/aromatic N) is 6. The van der Waals surface area contributed by atoms with Crippen LogP contribution in [0.15, 0.2) is 30.6 Å². The van der Waals surface area contributed by atoms with E-state index in [-0.39, 0.29) is 11.4 Å². The van der Waals surface area contributed by atoms with Gasteiger partial charge in [-0.15, -0.1) is 0 Å². The minimum atomic E-state index is -0.306. The van der Waals surface area contributed by atoms with Crippen LogP contribution in [-0.4, -0.2) is 47.9 Å². The van der Waals surface area contributed by atoms with E-state index in [1.165, 1.54) is 0 Å². The van der Waals surface area contributed by atoms with Gasteiger partial charge in [0, 0.05) is 35.8 Å². The summed E-state index contributed by atoms with van der Waals surface area (Å²) in [5.41, 5.74) is 4.85. The van der Waals surface area contributed by atoms with E-state index < -0.39 is 0 Å². The fraction of sp³-hybridized carbons (Fsp3) is 0.458. The van der Waals surface area contributed by atoms with Gasteiger partial charge in [-0.05, 0) is 71.2 Å². The molecule has 162 valence electrons. The third-order valence-corrected chi connectivity index (χ3v) is 6.39. The molecule has 0 N–H and O–H groups in total. The summed E-state index contributed by atoms with van der Waals surface area (Å²) in [6, 6.07) is 5.80. The predicted molar refractivity (Wildman–Crippen MR) is 121 cm³/mol. The number of likely N-dealkylation sites (tertiary alicyclic amines) is 1. The van der Waals surface area contributed by atoms with Gasteiger partial charge in [0.1, 0.15) is 5.52 Å². The molecule has 4 heterocycles. The summed E-state index contributed by atoms with van der Waals surface area (Å²) in [6.45, 7) is 12.8. The van der Waals surface area contributed by atoms with Crippen molar-refractivity contribution >= 4 is 16.6 Å². The summed E-state index contributed by atoms with van der Waals surface area (Å²) in [5, 5.41) is 10.1. The van der Waals surface area contributed by atoms with E-state index in [9.17, 15) is 0 Å². The number of aryl methyl sites for hydroxylation is 2. The summed E-state index contributed by atoms with van der Waals surface area (Å²) in [7, 11) is 0. The van der Waals surface area contributed by atoms with Crippen LogP contribution in [0.2, 0.25) is 0 Å². The summed E-state index contributed by atoms with van der Waals surface area (Å²) in [6.07, 6.45) is 5.93. The zero-order valence-corrected chi connectivity index (χ0v) is 18.9. The van der Waals surface area contributed by atoms with Gasteiger partial charge < -0.3 is 0 Å². The Morgan fingerprint density at radius 1 is 1.00 bits per heavy atom. The van der Waals surface area contributed by atoms with Crippen LogP contribution in [0, 0.1) is 19.7 Å². The highest BCUT2D eigenvalue weighted by atomic mass is 19.1. The van der Waals surface area contributed by atoms with E-state index in [1.54, 1.807) is 10.6 Å². The minimum absolute atomic E-state index is 0.181. The van der Waals surface area contributed by atoms with Crippen LogP contribution < -0.4 is 0 Å². The molecule has 0 amide bonds. The molecular weight excluding hydrogens is 391 g/mol. The van der Waals surface area contributed by atoms with E-state index >= 15 is 4.39 Å². The average molecular weight is 421 g/mol. The SMILES string of the molecule is Cc1cn2nc(-c3cc(F)c4nn(C5CCN(C(C)(C)C)CC5)cc4c3)cc(C)c2n1. The topological polar surface area (TPSA) is 51.3 Å². The Balaban J connectivity index is 1.48. The molecule has 1 aliphatic heterocycles. The number of benzene rings is 1. The number of halogens is 1. The maximum absolute atomic E-state index is 15.0. The van der Waals surface area contributed by atoms with Gasteiger partial charge in [-0.2, -0.15) is 10.2 Å². The fourth-order valence-corrected chi connectivity index (χ4v) is 4.63. The van der Waals surface area contributed by atoms with Gasteiger partial charge in [-0.1, -0.05) is 0 Å². The predicted octanol–water partition coefficient (Wildman–Crippen LogP) is 4.94.